The van der Waals surface area contributed by atoms with Crippen molar-refractivity contribution in [1.82, 2.24) is 10.2 Å². The maximum Gasteiger partial charge on any atom is 0.239 e. The number of hydrogen-bond acceptors (Lipinski definition) is 2. The summed E-state index contributed by atoms with van der Waals surface area (Å²) >= 11 is 0. The Labute approximate surface area is 119 Å². The molecule has 1 heterocycles. The summed E-state index contributed by atoms with van der Waals surface area (Å²) in [5.41, 5.74) is 0.248. The fourth-order valence-corrected chi connectivity index (χ4v) is 2.90. The van der Waals surface area contributed by atoms with Crippen LogP contribution in [-0.2, 0) is 4.79 Å². The zero-order valence-corrected chi connectivity index (χ0v) is 13.5. The molecule has 1 fully saturated rings. The number of nitrogens with zero attached hydrogens (tertiary/aromatic N) is 1. The summed E-state index contributed by atoms with van der Waals surface area (Å²) < 4.78 is 0. The largest absolute Gasteiger partial charge is 0.341 e. The number of carbonyl (C=O) groups excluding carboxylic acids is 1. The standard InChI is InChI=1S/C16H32N2O/c1-6-7-8-10-16(4,5)12-18-11-9-14(15(18)19)17-13(2)3/h13-14,17H,6-12H2,1-5H3. The lowest BCUT2D eigenvalue weighted by Gasteiger charge is -2.30. The molecule has 1 saturated heterocycles. The van der Waals surface area contributed by atoms with Gasteiger partial charge < -0.3 is 10.2 Å². The third-order valence-corrected chi connectivity index (χ3v) is 3.91. The molecule has 1 N–H and O–H groups in total. The SMILES string of the molecule is CCCCCC(C)(C)CN1CCC(NC(C)C)C1=O. The lowest BCUT2D eigenvalue weighted by Crippen LogP contribution is -2.43. The van der Waals surface area contributed by atoms with E-state index < -0.39 is 0 Å². The average Bonchev–Trinajstić information content (AvgIpc) is 2.60. The molecule has 1 aliphatic rings. The fraction of sp³-hybridized carbons (Fsp3) is 0.938. The second kappa shape index (κ2) is 7.28. The van der Waals surface area contributed by atoms with E-state index in [1.54, 1.807) is 0 Å². The molecule has 0 spiro atoms. The molecule has 0 bridgehead atoms. The molecule has 1 unspecified atom stereocenters. The third kappa shape index (κ3) is 5.52. The van der Waals surface area contributed by atoms with Crippen LogP contribution in [0.4, 0.5) is 0 Å². The Morgan fingerprint density at radius 3 is 2.63 bits per heavy atom. The van der Waals surface area contributed by atoms with Crippen LogP contribution >= 0.6 is 0 Å². The predicted molar refractivity (Wildman–Crippen MR) is 81.2 cm³/mol. The van der Waals surface area contributed by atoms with E-state index in [-0.39, 0.29) is 11.5 Å². The van der Waals surface area contributed by atoms with Crippen molar-refractivity contribution in [2.45, 2.75) is 78.8 Å². The Hall–Kier alpha value is -0.570. The Morgan fingerprint density at radius 2 is 2.05 bits per heavy atom. The second-order valence-corrected chi connectivity index (χ2v) is 7.04. The van der Waals surface area contributed by atoms with Crippen molar-refractivity contribution in [2.75, 3.05) is 13.1 Å². The van der Waals surface area contributed by atoms with Crippen LogP contribution in [-0.4, -0.2) is 36.0 Å². The predicted octanol–water partition coefficient (Wildman–Crippen LogP) is 3.19. The van der Waals surface area contributed by atoms with Gasteiger partial charge in [-0.3, -0.25) is 4.79 Å². The molecule has 0 aromatic rings. The molecule has 3 nitrogen and oxygen atoms in total. The molecule has 0 aromatic carbocycles. The van der Waals surface area contributed by atoms with Crippen molar-refractivity contribution in [3.8, 4) is 0 Å². The van der Waals surface area contributed by atoms with Gasteiger partial charge in [0.25, 0.3) is 0 Å². The van der Waals surface area contributed by atoms with E-state index in [1.165, 1.54) is 25.7 Å². The van der Waals surface area contributed by atoms with Gasteiger partial charge >= 0.3 is 0 Å². The Kier molecular flexibility index (Phi) is 6.31. The summed E-state index contributed by atoms with van der Waals surface area (Å²) in [5.74, 6) is 0.303. The first-order valence-corrected chi connectivity index (χ1v) is 7.90. The Morgan fingerprint density at radius 1 is 1.37 bits per heavy atom. The van der Waals surface area contributed by atoms with Gasteiger partial charge in [0.15, 0.2) is 0 Å². The summed E-state index contributed by atoms with van der Waals surface area (Å²) in [4.78, 5) is 14.4. The van der Waals surface area contributed by atoms with E-state index in [0.29, 0.717) is 11.9 Å². The molecule has 0 saturated carbocycles. The van der Waals surface area contributed by atoms with Crippen LogP contribution in [0.5, 0.6) is 0 Å². The van der Waals surface area contributed by atoms with E-state index in [4.69, 9.17) is 0 Å². The van der Waals surface area contributed by atoms with E-state index in [1.807, 2.05) is 0 Å². The summed E-state index contributed by atoms with van der Waals surface area (Å²) in [6.45, 7) is 12.8. The number of amides is 1. The lowest BCUT2D eigenvalue weighted by atomic mass is 9.86. The van der Waals surface area contributed by atoms with Gasteiger partial charge in [-0.2, -0.15) is 0 Å². The van der Waals surface area contributed by atoms with Crippen LogP contribution in [0.1, 0.15) is 66.7 Å². The molecule has 19 heavy (non-hydrogen) atoms. The van der Waals surface area contributed by atoms with Crippen LogP contribution in [0.3, 0.4) is 0 Å². The molecule has 1 amide bonds. The van der Waals surface area contributed by atoms with Crippen molar-refractivity contribution in [1.29, 1.82) is 0 Å². The number of carbonyl (C=O) groups is 1. The second-order valence-electron chi connectivity index (χ2n) is 7.04. The molecule has 3 heteroatoms. The van der Waals surface area contributed by atoms with E-state index in [9.17, 15) is 4.79 Å². The highest BCUT2D eigenvalue weighted by molar-refractivity contribution is 5.84. The molecule has 1 atom stereocenters. The zero-order valence-electron chi connectivity index (χ0n) is 13.5. The molecule has 0 aliphatic carbocycles. The first-order chi connectivity index (χ1) is 8.85. The summed E-state index contributed by atoms with van der Waals surface area (Å²) in [6.07, 6.45) is 6.02. The summed E-state index contributed by atoms with van der Waals surface area (Å²) in [6, 6.07) is 0.429. The van der Waals surface area contributed by atoms with Gasteiger partial charge in [0, 0.05) is 19.1 Å². The number of hydrogen-bond donors (Lipinski definition) is 1. The summed E-state index contributed by atoms with van der Waals surface area (Å²) in [7, 11) is 0. The minimum absolute atomic E-state index is 0.0476. The number of rotatable bonds is 8. The molecule has 1 aliphatic heterocycles. The van der Waals surface area contributed by atoms with Crippen molar-refractivity contribution < 1.29 is 4.79 Å². The maximum atomic E-state index is 12.3. The van der Waals surface area contributed by atoms with Gasteiger partial charge in [-0.05, 0) is 18.3 Å². The minimum Gasteiger partial charge on any atom is -0.341 e. The molecule has 112 valence electrons. The van der Waals surface area contributed by atoms with E-state index in [2.05, 4.69) is 44.8 Å². The molecular formula is C16H32N2O. The van der Waals surface area contributed by atoms with Crippen LogP contribution in [0.2, 0.25) is 0 Å². The monoisotopic (exact) mass is 268 g/mol. The van der Waals surface area contributed by atoms with Crippen molar-refractivity contribution >= 4 is 5.91 Å². The maximum absolute atomic E-state index is 12.3. The molecule has 1 rings (SSSR count). The van der Waals surface area contributed by atoms with Crippen LogP contribution < -0.4 is 5.32 Å². The first kappa shape index (κ1) is 16.5. The quantitative estimate of drug-likeness (QED) is 0.686. The Balaban J connectivity index is 2.42. The van der Waals surface area contributed by atoms with Crippen molar-refractivity contribution in [3.63, 3.8) is 0 Å². The first-order valence-electron chi connectivity index (χ1n) is 7.90. The van der Waals surface area contributed by atoms with Crippen LogP contribution in [0, 0.1) is 5.41 Å². The molecular weight excluding hydrogens is 236 g/mol. The Bertz CT molecular complexity index is 286. The highest BCUT2D eigenvalue weighted by Crippen LogP contribution is 2.27. The van der Waals surface area contributed by atoms with Gasteiger partial charge in [0.1, 0.15) is 0 Å². The normalized spacial score (nSPS) is 20.6. The lowest BCUT2D eigenvalue weighted by molar-refractivity contribution is -0.130. The van der Waals surface area contributed by atoms with E-state index in [0.717, 1.165) is 19.5 Å². The molecule has 0 radical (unpaired) electrons. The van der Waals surface area contributed by atoms with Gasteiger partial charge in [-0.1, -0.05) is 53.9 Å². The third-order valence-electron chi connectivity index (χ3n) is 3.91. The number of likely N-dealkylation sites (tertiary alicyclic amines) is 1. The highest BCUT2D eigenvalue weighted by atomic mass is 16.2. The van der Waals surface area contributed by atoms with E-state index >= 15 is 0 Å². The van der Waals surface area contributed by atoms with Gasteiger partial charge in [-0.25, -0.2) is 0 Å². The minimum atomic E-state index is 0.0476. The highest BCUT2D eigenvalue weighted by Gasteiger charge is 2.34. The average molecular weight is 268 g/mol. The van der Waals surface area contributed by atoms with Gasteiger partial charge in [0.05, 0.1) is 6.04 Å². The topological polar surface area (TPSA) is 32.3 Å². The smallest absolute Gasteiger partial charge is 0.239 e. The van der Waals surface area contributed by atoms with Gasteiger partial charge in [-0.15, -0.1) is 0 Å². The number of nitrogens with one attached hydrogen (secondary N) is 1. The van der Waals surface area contributed by atoms with Crippen molar-refractivity contribution in [2.24, 2.45) is 5.41 Å². The summed E-state index contributed by atoms with van der Waals surface area (Å²) in [5, 5.41) is 3.37. The molecule has 0 aromatic heterocycles. The zero-order chi connectivity index (χ0) is 14.5. The van der Waals surface area contributed by atoms with Crippen LogP contribution in [0.15, 0.2) is 0 Å². The fourth-order valence-electron chi connectivity index (χ4n) is 2.90. The number of unbranched alkanes of at least 4 members (excludes halogenated alkanes) is 2. The van der Waals surface area contributed by atoms with Crippen molar-refractivity contribution in [3.05, 3.63) is 0 Å². The van der Waals surface area contributed by atoms with Crippen LogP contribution in [0.25, 0.3) is 0 Å². The van der Waals surface area contributed by atoms with Gasteiger partial charge in [0.2, 0.25) is 5.91 Å².